The molecule has 128 valence electrons. The first-order valence-corrected chi connectivity index (χ1v) is 7.79. The summed E-state index contributed by atoms with van der Waals surface area (Å²) in [5.74, 6) is 1.71. The number of nitrogens with zero attached hydrogens (tertiary/aromatic N) is 2. The van der Waals surface area contributed by atoms with Crippen molar-refractivity contribution in [1.82, 2.24) is 10.1 Å². The fourth-order valence-corrected chi connectivity index (χ4v) is 2.39. The lowest BCUT2D eigenvalue weighted by atomic mass is 9.84. The minimum Gasteiger partial charge on any atom is -0.486 e. The van der Waals surface area contributed by atoms with E-state index in [0.717, 1.165) is 5.56 Å². The maximum Gasteiger partial charge on any atom is 0.316 e. The molecule has 0 spiro atoms. The zero-order valence-electron chi connectivity index (χ0n) is 14.2. The second kappa shape index (κ2) is 6.14. The van der Waals surface area contributed by atoms with Crippen LogP contribution in [0.5, 0.6) is 11.5 Å². The Morgan fingerprint density at radius 3 is 2.62 bits per heavy atom. The Kier molecular flexibility index (Phi) is 4.17. The van der Waals surface area contributed by atoms with E-state index in [4.69, 9.17) is 18.7 Å². The van der Waals surface area contributed by atoms with Crippen molar-refractivity contribution in [3.63, 3.8) is 0 Å². The number of aryl methyl sites for hydroxylation is 1. The number of aromatic nitrogens is 2. The van der Waals surface area contributed by atoms with Gasteiger partial charge in [0.25, 0.3) is 5.89 Å². The van der Waals surface area contributed by atoms with Gasteiger partial charge in [0.2, 0.25) is 0 Å². The standard InChI is InChI=1S/C17H20N2O5/c1-10(15-18-11(2)19-24-15)23-16(20)17(3,4)12-5-6-13-14(9-12)22-8-7-21-13/h5-6,9-10H,7-8H2,1-4H3. The highest BCUT2D eigenvalue weighted by Gasteiger charge is 2.35. The molecule has 0 bridgehead atoms. The van der Waals surface area contributed by atoms with Crippen LogP contribution in [0.15, 0.2) is 22.7 Å². The average molecular weight is 332 g/mol. The molecule has 0 N–H and O–H groups in total. The van der Waals surface area contributed by atoms with Crippen LogP contribution in [-0.2, 0) is 14.9 Å². The van der Waals surface area contributed by atoms with Crippen LogP contribution in [0, 0.1) is 6.92 Å². The molecule has 1 aliphatic heterocycles. The van der Waals surface area contributed by atoms with Crippen molar-refractivity contribution in [2.75, 3.05) is 13.2 Å². The van der Waals surface area contributed by atoms with Crippen molar-refractivity contribution in [2.24, 2.45) is 0 Å². The van der Waals surface area contributed by atoms with Crippen LogP contribution < -0.4 is 9.47 Å². The molecule has 7 nitrogen and oxygen atoms in total. The third-order valence-corrected chi connectivity index (χ3v) is 3.95. The van der Waals surface area contributed by atoms with Gasteiger partial charge >= 0.3 is 5.97 Å². The van der Waals surface area contributed by atoms with Gasteiger partial charge in [-0.3, -0.25) is 4.79 Å². The fourth-order valence-electron chi connectivity index (χ4n) is 2.39. The van der Waals surface area contributed by atoms with Crippen LogP contribution in [0.2, 0.25) is 0 Å². The van der Waals surface area contributed by atoms with E-state index < -0.39 is 11.5 Å². The van der Waals surface area contributed by atoms with Gasteiger partial charge in [0.1, 0.15) is 13.2 Å². The first-order chi connectivity index (χ1) is 11.4. The van der Waals surface area contributed by atoms with Crippen LogP contribution in [0.25, 0.3) is 0 Å². The van der Waals surface area contributed by atoms with E-state index >= 15 is 0 Å². The molecule has 0 amide bonds. The Labute approximate surface area is 139 Å². The second-order valence-corrected chi connectivity index (χ2v) is 6.21. The molecule has 1 unspecified atom stereocenters. The quantitative estimate of drug-likeness (QED) is 0.796. The SMILES string of the molecule is Cc1noc(C(C)OC(=O)C(C)(C)c2ccc3c(c2)OCCO3)n1. The van der Waals surface area contributed by atoms with E-state index in [9.17, 15) is 4.79 Å². The predicted octanol–water partition coefficient (Wildman–Crippen LogP) is 2.73. The lowest BCUT2D eigenvalue weighted by Gasteiger charge is -2.26. The average Bonchev–Trinajstić information content (AvgIpc) is 3.01. The molecular formula is C17H20N2O5. The predicted molar refractivity (Wildman–Crippen MR) is 84.0 cm³/mol. The van der Waals surface area contributed by atoms with E-state index in [1.54, 1.807) is 27.7 Å². The summed E-state index contributed by atoms with van der Waals surface area (Å²) in [6, 6.07) is 5.47. The zero-order valence-corrected chi connectivity index (χ0v) is 14.2. The third kappa shape index (κ3) is 3.06. The largest absolute Gasteiger partial charge is 0.486 e. The Balaban J connectivity index is 1.77. The second-order valence-electron chi connectivity index (χ2n) is 6.21. The molecule has 0 radical (unpaired) electrons. The molecule has 1 aromatic heterocycles. The molecular weight excluding hydrogens is 312 g/mol. The van der Waals surface area contributed by atoms with Crippen molar-refractivity contribution < 1.29 is 23.5 Å². The minimum absolute atomic E-state index is 0.277. The number of carbonyl (C=O) groups is 1. The Morgan fingerprint density at radius 1 is 1.25 bits per heavy atom. The summed E-state index contributed by atoms with van der Waals surface area (Å²) >= 11 is 0. The molecule has 7 heteroatoms. The maximum atomic E-state index is 12.6. The van der Waals surface area contributed by atoms with Gasteiger partial charge in [-0.05, 0) is 45.4 Å². The molecule has 1 aromatic carbocycles. The number of hydrogen-bond donors (Lipinski definition) is 0. The monoisotopic (exact) mass is 332 g/mol. The van der Waals surface area contributed by atoms with E-state index in [2.05, 4.69) is 10.1 Å². The summed E-state index contributed by atoms with van der Waals surface area (Å²) in [6.45, 7) is 8.03. The van der Waals surface area contributed by atoms with Gasteiger partial charge in [-0.15, -0.1) is 0 Å². The Hall–Kier alpha value is -2.57. The van der Waals surface area contributed by atoms with E-state index in [0.29, 0.717) is 30.5 Å². The smallest absolute Gasteiger partial charge is 0.316 e. The number of hydrogen-bond acceptors (Lipinski definition) is 7. The van der Waals surface area contributed by atoms with Crippen LogP contribution in [0.1, 0.15) is 44.2 Å². The molecule has 1 atom stereocenters. The maximum absolute atomic E-state index is 12.6. The van der Waals surface area contributed by atoms with Gasteiger partial charge in [-0.2, -0.15) is 4.98 Å². The van der Waals surface area contributed by atoms with Crippen molar-refractivity contribution in [1.29, 1.82) is 0 Å². The molecule has 0 aliphatic carbocycles. The molecule has 3 rings (SSSR count). The highest BCUT2D eigenvalue weighted by atomic mass is 16.6. The van der Waals surface area contributed by atoms with Crippen molar-refractivity contribution in [2.45, 2.75) is 39.2 Å². The Bertz CT molecular complexity index is 753. The first-order valence-electron chi connectivity index (χ1n) is 7.79. The number of ether oxygens (including phenoxy) is 3. The molecule has 2 heterocycles. The van der Waals surface area contributed by atoms with Crippen molar-refractivity contribution in [3.8, 4) is 11.5 Å². The molecule has 0 saturated carbocycles. The normalized spacial score (nSPS) is 15.0. The molecule has 0 saturated heterocycles. The number of rotatable bonds is 4. The molecule has 0 fully saturated rings. The summed E-state index contributed by atoms with van der Waals surface area (Å²) in [4.78, 5) is 16.7. The Morgan fingerprint density at radius 2 is 1.96 bits per heavy atom. The van der Waals surface area contributed by atoms with Crippen molar-refractivity contribution in [3.05, 3.63) is 35.5 Å². The summed E-state index contributed by atoms with van der Waals surface area (Å²) in [5, 5.41) is 3.71. The van der Waals surface area contributed by atoms with Gasteiger partial charge in [0.15, 0.2) is 23.4 Å². The van der Waals surface area contributed by atoms with Gasteiger partial charge in [-0.1, -0.05) is 11.2 Å². The van der Waals surface area contributed by atoms with Gasteiger partial charge in [0, 0.05) is 0 Å². The van der Waals surface area contributed by atoms with Gasteiger partial charge in [-0.25, -0.2) is 0 Å². The highest BCUT2D eigenvalue weighted by Crippen LogP contribution is 2.36. The van der Waals surface area contributed by atoms with E-state index in [-0.39, 0.29) is 11.9 Å². The fraction of sp³-hybridized carbons (Fsp3) is 0.471. The van der Waals surface area contributed by atoms with E-state index in [1.165, 1.54) is 0 Å². The van der Waals surface area contributed by atoms with E-state index in [1.807, 2.05) is 18.2 Å². The first kappa shape index (κ1) is 16.3. The summed E-state index contributed by atoms with van der Waals surface area (Å²) in [6.07, 6.45) is -0.616. The van der Waals surface area contributed by atoms with Crippen LogP contribution >= 0.6 is 0 Å². The van der Waals surface area contributed by atoms with Crippen LogP contribution in [-0.4, -0.2) is 29.3 Å². The van der Waals surface area contributed by atoms with Crippen LogP contribution in [0.3, 0.4) is 0 Å². The zero-order chi connectivity index (χ0) is 17.3. The lowest BCUT2D eigenvalue weighted by molar-refractivity contribution is -0.155. The topological polar surface area (TPSA) is 83.7 Å². The van der Waals surface area contributed by atoms with Crippen LogP contribution in [0.4, 0.5) is 0 Å². The number of esters is 1. The van der Waals surface area contributed by atoms with Gasteiger partial charge in [0.05, 0.1) is 5.41 Å². The summed E-state index contributed by atoms with van der Waals surface area (Å²) in [5.41, 5.74) is -0.0789. The minimum atomic E-state index is -0.862. The number of carbonyl (C=O) groups excluding carboxylic acids is 1. The highest BCUT2D eigenvalue weighted by molar-refractivity contribution is 5.82. The molecule has 24 heavy (non-hydrogen) atoms. The number of fused-ring (bicyclic) bond motifs is 1. The molecule has 2 aromatic rings. The summed E-state index contributed by atoms with van der Waals surface area (Å²) in [7, 11) is 0. The lowest BCUT2D eigenvalue weighted by Crippen LogP contribution is -2.32. The third-order valence-electron chi connectivity index (χ3n) is 3.95. The number of benzene rings is 1. The molecule has 1 aliphatic rings. The summed E-state index contributed by atoms with van der Waals surface area (Å²) < 4.78 is 21.6. The van der Waals surface area contributed by atoms with Crippen molar-refractivity contribution >= 4 is 5.97 Å². The van der Waals surface area contributed by atoms with Gasteiger partial charge < -0.3 is 18.7 Å².